The van der Waals surface area contributed by atoms with Crippen LogP contribution in [-0.4, -0.2) is 63.1 Å². The first kappa shape index (κ1) is 26.0. The molecule has 1 aromatic heterocycles. The summed E-state index contributed by atoms with van der Waals surface area (Å²) in [5.74, 6) is 1.10. The zero-order valence-electron chi connectivity index (χ0n) is 20.5. The van der Waals surface area contributed by atoms with Gasteiger partial charge in [-0.25, -0.2) is 18.2 Å². The van der Waals surface area contributed by atoms with E-state index in [2.05, 4.69) is 4.98 Å². The van der Waals surface area contributed by atoms with Crippen LogP contribution in [0.5, 0.6) is 5.75 Å². The molecule has 2 heterocycles. The van der Waals surface area contributed by atoms with Gasteiger partial charge in [0.25, 0.3) is 0 Å². The highest BCUT2D eigenvalue weighted by Gasteiger charge is 2.27. The van der Waals surface area contributed by atoms with E-state index in [0.717, 1.165) is 41.5 Å². The number of hydrogen-bond acceptors (Lipinski definition) is 7. The van der Waals surface area contributed by atoms with Gasteiger partial charge in [0.15, 0.2) is 14.9 Å². The molecule has 0 atom stereocenters. The standard InChI is InChI=1S/C25H34N2O6S/c1-25(2,3)33-24(28)27-12-10-18(11-13-27)16-32-22-8-6-19(14-21(22)17-31-4)20-7-9-23(26-15-20)34(5,29)30/h6-9,14-15,18H,10-13,16-17H2,1-5H3. The molecule has 186 valence electrons. The second kappa shape index (κ2) is 10.7. The quantitative estimate of drug-likeness (QED) is 0.570. The molecule has 1 saturated heterocycles. The van der Waals surface area contributed by atoms with E-state index in [-0.39, 0.29) is 11.1 Å². The Labute approximate surface area is 202 Å². The van der Waals surface area contributed by atoms with Crippen molar-refractivity contribution in [3.8, 4) is 16.9 Å². The number of pyridine rings is 1. The Bertz CT molecular complexity index is 1090. The minimum Gasteiger partial charge on any atom is -0.493 e. The van der Waals surface area contributed by atoms with Gasteiger partial charge >= 0.3 is 6.09 Å². The number of carbonyl (C=O) groups is 1. The molecular formula is C25H34N2O6S. The Morgan fingerprint density at radius 1 is 1.12 bits per heavy atom. The van der Waals surface area contributed by atoms with Crippen molar-refractivity contribution < 1.29 is 27.4 Å². The van der Waals surface area contributed by atoms with Crippen LogP contribution in [0.25, 0.3) is 11.1 Å². The number of sulfone groups is 1. The highest BCUT2D eigenvalue weighted by Crippen LogP contribution is 2.29. The Morgan fingerprint density at radius 3 is 2.35 bits per heavy atom. The lowest BCUT2D eigenvalue weighted by Crippen LogP contribution is -2.42. The molecule has 8 nitrogen and oxygen atoms in total. The number of rotatable bonds is 7. The molecule has 1 aliphatic rings. The topological polar surface area (TPSA) is 95.0 Å². The fraction of sp³-hybridized carbons (Fsp3) is 0.520. The normalized spacial score (nSPS) is 15.3. The van der Waals surface area contributed by atoms with E-state index in [1.54, 1.807) is 24.3 Å². The summed E-state index contributed by atoms with van der Waals surface area (Å²) in [5.41, 5.74) is 2.12. The van der Waals surface area contributed by atoms with Crippen molar-refractivity contribution in [3.05, 3.63) is 42.1 Å². The molecule has 0 bridgehead atoms. The number of nitrogens with zero attached hydrogens (tertiary/aromatic N) is 2. The van der Waals surface area contributed by atoms with Gasteiger partial charge in [0, 0.05) is 43.8 Å². The van der Waals surface area contributed by atoms with Gasteiger partial charge in [-0.05, 0) is 69.4 Å². The predicted octanol–water partition coefficient (Wildman–Crippen LogP) is 4.32. The van der Waals surface area contributed by atoms with Crippen LogP contribution in [0.2, 0.25) is 0 Å². The number of carbonyl (C=O) groups excluding carboxylic acids is 1. The van der Waals surface area contributed by atoms with Crippen LogP contribution in [0.1, 0.15) is 39.2 Å². The number of likely N-dealkylation sites (tertiary alicyclic amines) is 1. The minimum atomic E-state index is -3.34. The summed E-state index contributed by atoms with van der Waals surface area (Å²) in [7, 11) is -1.71. The van der Waals surface area contributed by atoms with Crippen LogP contribution in [-0.2, 0) is 25.9 Å². The fourth-order valence-electron chi connectivity index (χ4n) is 3.75. The summed E-state index contributed by atoms with van der Waals surface area (Å²) >= 11 is 0. The average Bonchev–Trinajstić information content (AvgIpc) is 2.77. The van der Waals surface area contributed by atoms with Crippen LogP contribution >= 0.6 is 0 Å². The number of aromatic nitrogens is 1. The van der Waals surface area contributed by atoms with Crippen molar-refractivity contribution in [1.29, 1.82) is 0 Å². The van der Waals surface area contributed by atoms with Crippen LogP contribution < -0.4 is 4.74 Å². The maximum Gasteiger partial charge on any atom is 0.410 e. The smallest absolute Gasteiger partial charge is 0.410 e. The van der Waals surface area contributed by atoms with Gasteiger partial charge < -0.3 is 19.1 Å². The molecule has 0 saturated carbocycles. The zero-order chi connectivity index (χ0) is 24.9. The van der Waals surface area contributed by atoms with Crippen molar-refractivity contribution in [2.75, 3.05) is 33.1 Å². The van der Waals surface area contributed by atoms with Gasteiger partial charge in [0.2, 0.25) is 0 Å². The number of methoxy groups -OCH3 is 1. The molecule has 0 radical (unpaired) electrons. The van der Waals surface area contributed by atoms with Crippen LogP contribution in [0, 0.1) is 5.92 Å². The highest BCUT2D eigenvalue weighted by molar-refractivity contribution is 7.90. The number of hydrogen-bond donors (Lipinski definition) is 0. The molecule has 0 unspecified atom stereocenters. The van der Waals surface area contributed by atoms with Crippen molar-refractivity contribution in [1.82, 2.24) is 9.88 Å². The van der Waals surface area contributed by atoms with Crippen LogP contribution in [0.3, 0.4) is 0 Å². The van der Waals surface area contributed by atoms with Crippen molar-refractivity contribution >= 4 is 15.9 Å². The predicted molar refractivity (Wildman–Crippen MR) is 130 cm³/mol. The first-order valence-corrected chi connectivity index (χ1v) is 13.2. The third-order valence-electron chi connectivity index (χ3n) is 5.55. The molecule has 3 rings (SSSR count). The molecule has 0 spiro atoms. The first-order valence-electron chi connectivity index (χ1n) is 11.4. The number of ether oxygens (including phenoxy) is 3. The number of benzene rings is 1. The Hall–Kier alpha value is -2.65. The zero-order valence-corrected chi connectivity index (χ0v) is 21.4. The minimum absolute atomic E-state index is 0.0473. The van der Waals surface area contributed by atoms with E-state index in [0.29, 0.717) is 32.2 Å². The summed E-state index contributed by atoms with van der Waals surface area (Å²) in [6.07, 6.45) is 4.15. The van der Waals surface area contributed by atoms with Gasteiger partial charge in [-0.1, -0.05) is 6.07 Å². The van der Waals surface area contributed by atoms with E-state index < -0.39 is 15.4 Å². The van der Waals surface area contributed by atoms with Gasteiger partial charge in [0.1, 0.15) is 11.4 Å². The maximum atomic E-state index is 12.3. The van der Waals surface area contributed by atoms with Gasteiger partial charge in [-0.2, -0.15) is 0 Å². The van der Waals surface area contributed by atoms with Crippen molar-refractivity contribution in [2.24, 2.45) is 5.92 Å². The Morgan fingerprint density at radius 2 is 1.79 bits per heavy atom. The molecule has 34 heavy (non-hydrogen) atoms. The lowest BCUT2D eigenvalue weighted by Gasteiger charge is -2.33. The highest BCUT2D eigenvalue weighted by atomic mass is 32.2. The third kappa shape index (κ3) is 7.17. The number of amides is 1. The average molecular weight is 491 g/mol. The lowest BCUT2D eigenvalue weighted by atomic mass is 9.98. The molecule has 1 aromatic carbocycles. The monoisotopic (exact) mass is 490 g/mol. The summed E-state index contributed by atoms with van der Waals surface area (Å²) in [4.78, 5) is 18.1. The van der Waals surface area contributed by atoms with E-state index in [1.807, 2.05) is 39.0 Å². The fourth-order valence-corrected chi connectivity index (χ4v) is 4.31. The summed E-state index contributed by atoms with van der Waals surface area (Å²) < 4.78 is 40.3. The largest absolute Gasteiger partial charge is 0.493 e. The summed E-state index contributed by atoms with van der Waals surface area (Å²) in [5, 5.41) is 0.0473. The molecule has 1 amide bonds. The maximum absolute atomic E-state index is 12.3. The number of piperidine rings is 1. The molecular weight excluding hydrogens is 456 g/mol. The lowest BCUT2D eigenvalue weighted by molar-refractivity contribution is 0.0164. The van der Waals surface area contributed by atoms with Gasteiger partial charge in [0.05, 0.1) is 13.2 Å². The van der Waals surface area contributed by atoms with Gasteiger partial charge in [-0.15, -0.1) is 0 Å². The summed E-state index contributed by atoms with van der Waals surface area (Å²) in [6, 6.07) is 9.06. The Kier molecular flexibility index (Phi) is 8.20. The second-order valence-corrected chi connectivity index (χ2v) is 11.6. The molecule has 2 aromatic rings. The van der Waals surface area contributed by atoms with Crippen LogP contribution in [0.4, 0.5) is 4.79 Å². The second-order valence-electron chi connectivity index (χ2n) is 9.63. The molecule has 9 heteroatoms. The Balaban J connectivity index is 1.62. The van der Waals surface area contributed by atoms with Crippen LogP contribution in [0.15, 0.2) is 41.6 Å². The molecule has 1 fully saturated rings. The third-order valence-corrected chi connectivity index (χ3v) is 6.55. The van der Waals surface area contributed by atoms with Gasteiger partial charge in [-0.3, -0.25) is 0 Å². The molecule has 0 aliphatic carbocycles. The van der Waals surface area contributed by atoms with E-state index >= 15 is 0 Å². The van der Waals surface area contributed by atoms with Crippen molar-refractivity contribution in [3.63, 3.8) is 0 Å². The van der Waals surface area contributed by atoms with E-state index in [1.165, 1.54) is 6.07 Å². The molecule has 0 N–H and O–H groups in total. The van der Waals surface area contributed by atoms with E-state index in [4.69, 9.17) is 14.2 Å². The molecule has 1 aliphatic heterocycles. The summed E-state index contributed by atoms with van der Waals surface area (Å²) in [6.45, 7) is 7.87. The van der Waals surface area contributed by atoms with E-state index in [9.17, 15) is 13.2 Å². The van der Waals surface area contributed by atoms with Crippen molar-refractivity contribution in [2.45, 2.75) is 50.8 Å². The SMILES string of the molecule is COCc1cc(-c2ccc(S(C)(=O)=O)nc2)ccc1OCC1CCN(C(=O)OC(C)(C)C)CC1. The first-order chi connectivity index (χ1) is 16.0.